The van der Waals surface area contributed by atoms with Gasteiger partial charge in [0.15, 0.2) is 0 Å². The van der Waals surface area contributed by atoms with Gasteiger partial charge in [0.25, 0.3) is 0 Å². The highest BCUT2D eigenvalue weighted by atomic mass is 28.4. The van der Waals surface area contributed by atoms with Crippen LogP contribution in [0.2, 0.25) is 0 Å². The summed E-state index contributed by atoms with van der Waals surface area (Å²) in [6.07, 6.45) is -4.73. The predicted molar refractivity (Wildman–Crippen MR) is 68.9 cm³/mol. The van der Waals surface area contributed by atoms with Crippen LogP contribution in [0.3, 0.4) is 0 Å². The minimum Gasteiger partial charge on any atom is -0.373 e. The molecule has 1 amide bonds. The molecule has 0 aliphatic heterocycles. The number of nitrogens with one attached hydrogen (secondary N) is 1. The molecule has 0 saturated carbocycles. The Balaban J connectivity index is 5.20. The van der Waals surface area contributed by atoms with Gasteiger partial charge in [-0.05, 0) is 27.2 Å². The molecule has 120 valence electrons. The van der Waals surface area contributed by atoms with Crippen LogP contribution in [0, 0.1) is 0 Å². The van der Waals surface area contributed by atoms with E-state index in [0.717, 1.165) is 0 Å². The van der Waals surface area contributed by atoms with E-state index in [-0.39, 0.29) is 26.2 Å². The third-order valence-electron chi connectivity index (χ3n) is 2.43. The van der Waals surface area contributed by atoms with Crippen molar-refractivity contribution in [2.45, 2.75) is 46.0 Å². The average Bonchev–Trinajstić information content (AvgIpc) is 2.35. The van der Waals surface area contributed by atoms with Gasteiger partial charge in [0.1, 0.15) is 0 Å². The van der Waals surface area contributed by atoms with Crippen molar-refractivity contribution in [3.05, 3.63) is 0 Å². The largest absolute Gasteiger partial charge is 0.524 e. The fourth-order valence-corrected chi connectivity index (χ4v) is 4.58. The van der Waals surface area contributed by atoms with Crippen LogP contribution in [0.5, 0.6) is 0 Å². The molecule has 0 fully saturated rings. The molecule has 0 aliphatic carbocycles. The topological polar surface area (TPSA) is 56.8 Å². The molecule has 1 unspecified atom stereocenters. The third-order valence-corrected chi connectivity index (χ3v) is 5.91. The van der Waals surface area contributed by atoms with Crippen molar-refractivity contribution in [3.8, 4) is 0 Å². The second kappa shape index (κ2) is 8.60. The van der Waals surface area contributed by atoms with E-state index in [9.17, 15) is 18.0 Å². The molecule has 0 saturated heterocycles. The van der Waals surface area contributed by atoms with Crippen LogP contribution in [0.1, 0.15) is 34.1 Å². The molecule has 0 spiro atoms. The van der Waals surface area contributed by atoms with Crippen molar-refractivity contribution < 1.29 is 31.2 Å². The fraction of sp³-hybridized carbons (Fsp3) is 0.909. The lowest BCUT2D eigenvalue weighted by atomic mass is 10.4. The fourth-order valence-electron chi connectivity index (χ4n) is 1.71. The van der Waals surface area contributed by atoms with E-state index in [4.69, 9.17) is 13.3 Å². The minimum absolute atomic E-state index is 0.216. The second-order valence-electron chi connectivity index (χ2n) is 3.83. The molecule has 1 N–H and O–H groups in total. The molecule has 0 aromatic carbocycles. The molecule has 0 rings (SSSR count). The van der Waals surface area contributed by atoms with Crippen molar-refractivity contribution >= 4 is 14.7 Å². The Morgan fingerprint density at radius 3 is 1.70 bits per heavy atom. The van der Waals surface area contributed by atoms with Crippen molar-refractivity contribution in [3.63, 3.8) is 0 Å². The summed E-state index contributed by atoms with van der Waals surface area (Å²) in [5, 5.41) is 1.92. The normalized spacial score (nSPS) is 14.2. The van der Waals surface area contributed by atoms with Crippen LogP contribution < -0.4 is 5.32 Å². The van der Waals surface area contributed by atoms with Gasteiger partial charge in [-0.25, -0.2) is 0 Å². The molecule has 0 aromatic heterocycles. The van der Waals surface area contributed by atoms with Gasteiger partial charge in [0.2, 0.25) is 0 Å². The minimum atomic E-state index is -4.95. The van der Waals surface area contributed by atoms with Gasteiger partial charge in [-0.3, -0.25) is 4.79 Å². The summed E-state index contributed by atoms with van der Waals surface area (Å²) in [6.45, 7) is 7.40. The zero-order valence-electron chi connectivity index (χ0n) is 12.2. The van der Waals surface area contributed by atoms with E-state index in [0.29, 0.717) is 0 Å². The van der Waals surface area contributed by atoms with Gasteiger partial charge < -0.3 is 18.6 Å². The van der Waals surface area contributed by atoms with Crippen molar-refractivity contribution in [2.24, 2.45) is 0 Å². The maximum absolute atomic E-state index is 12.4. The number of hydrogen-bond donors (Lipinski definition) is 1. The summed E-state index contributed by atoms with van der Waals surface area (Å²) < 4.78 is 53.6. The number of alkyl halides is 3. The van der Waals surface area contributed by atoms with Crippen LogP contribution >= 0.6 is 0 Å². The van der Waals surface area contributed by atoms with Crippen LogP contribution in [-0.2, 0) is 18.1 Å². The van der Waals surface area contributed by atoms with Crippen molar-refractivity contribution in [2.75, 3.05) is 19.8 Å². The SMILES string of the molecule is CCO[Si](OCC)(OCC)C(CC)NC(=O)C(F)(F)F. The monoisotopic (exact) mass is 317 g/mol. The number of rotatable bonds is 9. The van der Waals surface area contributed by atoms with E-state index in [1.807, 2.05) is 5.32 Å². The summed E-state index contributed by atoms with van der Waals surface area (Å²) in [4.78, 5) is 11.1. The van der Waals surface area contributed by atoms with Crippen molar-refractivity contribution in [1.82, 2.24) is 5.32 Å². The third kappa shape index (κ3) is 5.39. The Hall–Kier alpha value is -0.643. The number of carbonyl (C=O) groups excluding carboxylic acids is 1. The summed E-state index contributed by atoms with van der Waals surface area (Å²) in [7, 11) is -3.40. The quantitative estimate of drug-likeness (QED) is 0.661. The predicted octanol–water partition coefficient (Wildman–Crippen LogP) is 2.03. The first-order chi connectivity index (χ1) is 9.27. The van der Waals surface area contributed by atoms with E-state index in [2.05, 4.69) is 0 Å². The van der Waals surface area contributed by atoms with Gasteiger partial charge in [0, 0.05) is 19.8 Å². The van der Waals surface area contributed by atoms with E-state index >= 15 is 0 Å². The Kier molecular flexibility index (Phi) is 8.32. The van der Waals surface area contributed by atoms with Gasteiger partial charge in [-0.2, -0.15) is 13.2 Å². The molecule has 20 heavy (non-hydrogen) atoms. The molecule has 1 atom stereocenters. The summed E-state index contributed by atoms with van der Waals surface area (Å²) in [6, 6.07) is 0. The maximum atomic E-state index is 12.4. The maximum Gasteiger partial charge on any atom is 0.524 e. The molecule has 0 radical (unpaired) electrons. The zero-order valence-corrected chi connectivity index (χ0v) is 13.2. The number of halogens is 3. The zero-order chi connectivity index (χ0) is 15.8. The van der Waals surface area contributed by atoms with Crippen LogP contribution in [0.25, 0.3) is 0 Å². The molecule has 9 heteroatoms. The molecule has 0 aromatic rings. The summed E-state index contributed by atoms with van der Waals surface area (Å²) in [5.41, 5.74) is -0.934. The second-order valence-corrected chi connectivity index (χ2v) is 6.60. The average molecular weight is 317 g/mol. The number of carbonyl (C=O) groups is 1. The molecule has 5 nitrogen and oxygen atoms in total. The first kappa shape index (κ1) is 19.4. The molecule has 0 heterocycles. The molecular weight excluding hydrogens is 295 g/mol. The Morgan fingerprint density at radius 1 is 1.05 bits per heavy atom. The summed E-state index contributed by atoms with van der Waals surface area (Å²) in [5.74, 6) is -2.01. The lowest BCUT2D eigenvalue weighted by Crippen LogP contribution is -2.64. The summed E-state index contributed by atoms with van der Waals surface area (Å²) >= 11 is 0. The van der Waals surface area contributed by atoms with E-state index < -0.39 is 26.6 Å². The first-order valence-corrected chi connectivity index (χ1v) is 8.37. The van der Waals surface area contributed by atoms with Crippen molar-refractivity contribution in [1.29, 1.82) is 0 Å². The smallest absolute Gasteiger partial charge is 0.373 e. The Bertz CT molecular complexity index is 285. The lowest BCUT2D eigenvalue weighted by Gasteiger charge is -2.35. The lowest BCUT2D eigenvalue weighted by molar-refractivity contribution is -0.174. The first-order valence-electron chi connectivity index (χ1n) is 6.56. The molecule has 0 aliphatic rings. The number of hydrogen-bond acceptors (Lipinski definition) is 4. The van der Waals surface area contributed by atoms with Crippen LogP contribution in [0.4, 0.5) is 13.2 Å². The van der Waals surface area contributed by atoms with Gasteiger partial charge >= 0.3 is 20.9 Å². The molecule has 0 bridgehead atoms. The number of amides is 1. The van der Waals surface area contributed by atoms with E-state index in [1.54, 1.807) is 27.7 Å². The highest BCUT2D eigenvalue weighted by molar-refractivity contribution is 6.62. The van der Waals surface area contributed by atoms with Gasteiger partial charge in [-0.1, -0.05) is 6.92 Å². The van der Waals surface area contributed by atoms with Crippen LogP contribution in [0.15, 0.2) is 0 Å². The van der Waals surface area contributed by atoms with Gasteiger partial charge in [-0.15, -0.1) is 0 Å². The highest BCUT2D eigenvalue weighted by Crippen LogP contribution is 2.21. The Morgan fingerprint density at radius 2 is 1.45 bits per heavy atom. The van der Waals surface area contributed by atoms with Crippen LogP contribution in [-0.4, -0.2) is 46.4 Å². The van der Waals surface area contributed by atoms with Gasteiger partial charge in [0.05, 0.1) is 5.67 Å². The standard InChI is InChI=1S/C11H22F3NO4Si/c1-5-9(15-10(16)11(12,13)14)20(17-6-2,18-7-3)19-8-4/h9H,5-8H2,1-4H3,(H,15,16). The molecular formula is C11H22F3NO4Si. The Labute approximate surface area is 118 Å². The highest BCUT2D eigenvalue weighted by Gasteiger charge is 2.52. The van der Waals surface area contributed by atoms with E-state index in [1.165, 1.54) is 0 Å².